The van der Waals surface area contributed by atoms with E-state index in [1.807, 2.05) is 43.3 Å². The first-order valence-electron chi connectivity index (χ1n) is 13.8. The monoisotopic (exact) mass is 598 g/mol. The number of carbonyl (C=O) groups excluding carboxylic acids is 1. The Bertz CT molecular complexity index is 1870. The molecule has 4 aromatic rings. The van der Waals surface area contributed by atoms with Crippen molar-refractivity contribution in [1.82, 2.24) is 4.57 Å². The number of methoxy groups -OCH3 is 2. The van der Waals surface area contributed by atoms with Gasteiger partial charge in [0.05, 0.1) is 36.1 Å². The van der Waals surface area contributed by atoms with Gasteiger partial charge in [-0.25, -0.2) is 14.2 Å². The summed E-state index contributed by atoms with van der Waals surface area (Å²) in [5.74, 6) is 0.207. The second kappa shape index (κ2) is 13.0. The van der Waals surface area contributed by atoms with Crippen molar-refractivity contribution in [2.75, 3.05) is 14.2 Å². The van der Waals surface area contributed by atoms with Crippen molar-refractivity contribution >= 4 is 23.4 Å². The Morgan fingerprint density at radius 1 is 1.12 bits per heavy atom. The van der Waals surface area contributed by atoms with E-state index in [0.717, 1.165) is 22.3 Å². The number of hydrogen-bond donors (Lipinski definition) is 0. The van der Waals surface area contributed by atoms with Crippen molar-refractivity contribution in [2.45, 2.75) is 32.4 Å². The van der Waals surface area contributed by atoms with Crippen LogP contribution in [0.4, 0.5) is 4.39 Å². The van der Waals surface area contributed by atoms with Gasteiger partial charge in [0.1, 0.15) is 12.4 Å². The van der Waals surface area contributed by atoms with Crippen LogP contribution in [0.2, 0.25) is 0 Å². The average molecular weight is 599 g/mol. The van der Waals surface area contributed by atoms with Crippen LogP contribution >= 0.6 is 11.3 Å². The van der Waals surface area contributed by atoms with Crippen LogP contribution < -0.4 is 24.4 Å². The molecule has 43 heavy (non-hydrogen) atoms. The smallest absolute Gasteiger partial charge is 0.338 e. The third-order valence-corrected chi connectivity index (χ3v) is 8.08. The number of allylic oxidation sites excluding steroid dienone is 2. The van der Waals surface area contributed by atoms with Crippen LogP contribution in [0.15, 0.2) is 100 Å². The number of esters is 1. The SMILES string of the molecule is C=CCc1cc(/C=c2\sc3n(c2=O)[C@H](c2ccccc2)C(C(=O)OC)=C(CC)N=3)cc(OC)c1OCc1ccc(F)cc1. The molecule has 1 aliphatic rings. The molecule has 0 aliphatic carbocycles. The number of halogens is 1. The van der Waals surface area contributed by atoms with Gasteiger partial charge < -0.3 is 14.2 Å². The van der Waals surface area contributed by atoms with E-state index >= 15 is 0 Å². The maximum Gasteiger partial charge on any atom is 0.338 e. The number of nitrogens with zero attached hydrogens (tertiary/aromatic N) is 2. The summed E-state index contributed by atoms with van der Waals surface area (Å²) in [7, 11) is 2.88. The predicted octanol–water partition coefficient (Wildman–Crippen LogP) is 5.25. The lowest BCUT2D eigenvalue weighted by molar-refractivity contribution is -0.136. The molecule has 0 radical (unpaired) electrons. The van der Waals surface area contributed by atoms with Gasteiger partial charge in [-0.1, -0.05) is 66.8 Å². The molecular weight excluding hydrogens is 567 g/mol. The van der Waals surface area contributed by atoms with Crippen molar-refractivity contribution in [3.05, 3.63) is 138 Å². The molecule has 1 atom stereocenters. The van der Waals surface area contributed by atoms with E-state index in [-0.39, 0.29) is 18.0 Å². The highest BCUT2D eigenvalue weighted by atomic mass is 32.1. The number of rotatable bonds is 10. The van der Waals surface area contributed by atoms with Crippen molar-refractivity contribution in [3.63, 3.8) is 0 Å². The fraction of sp³-hybridized carbons (Fsp3) is 0.206. The molecule has 3 aromatic carbocycles. The first-order chi connectivity index (χ1) is 20.9. The van der Waals surface area contributed by atoms with Crippen LogP contribution in [-0.4, -0.2) is 24.8 Å². The van der Waals surface area contributed by atoms with E-state index in [4.69, 9.17) is 19.2 Å². The van der Waals surface area contributed by atoms with Crippen LogP contribution in [-0.2, 0) is 22.6 Å². The number of hydrogen-bond acceptors (Lipinski definition) is 7. The molecule has 0 N–H and O–H groups in total. The van der Waals surface area contributed by atoms with Gasteiger partial charge in [-0.3, -0.25) is 9.36 Å². The van der Waals surface area contributed by atoms with Crippen molar-refractivity contribution in [1.29, 1.82) is 0 Å². The Labute approximate surface area is 252 Å². The highest BCUT2D eigenvalue weighted by Gasteiger charge is 2.33. The van der Waals surface area contributed by atoms with Gasteiger partial charge in [0.25, 0.3) is 5.56 Å². The van der Waals surface area contributed by atoms with Gasteiger partial charge in [-0.2, -0.15) is 0 Å². The summed E-state index contributed by atoms with van der Waals surface area (Å²) in [5, 5.41) is 0. The summed E-state index contributed by atoms with van der Waals surface area (Å²) in [6.45, 7) is 6.02. The molecule has 2 heterocycles. The number of aromatic nitrogens is 1. The number of ether oxygens (including phenoxy) is 3. The minimum atomic E-state index is -0.671. The maximum atomic E-state index is 14.0. The fourth-order valence-corrected chi connectivity index (χ4v) is 6.11. The van der Waals surface area contributed by atoms with Gasteiger partial charge in [0, 0.05) is 5.56 Å². The lowest BCUT2D eigenvalue weighted by Gasteiger charge is -2.25. The summed E-state index contributed by atoms with van der Waals surface area (Å²) in [5.41, 5.74) is 3.82. The highest BCUT2D eigenvalue weighted by Crippen LogP contribution is 2.35. The third-order valence-electron chi connectivity index (χ3n) is 7.10. The number of thiazole rings is 1. The first-order valence-corrected chi connectivity index (χ1v) is 14.6. The van der Waals surface area contributed by atoms with Gasteiger partial charge >= 0.3 is 5.97 Å². The van der Waals surface area contributed by atoms with Crippen molar-refractivity contribution in [3.8, 4) is 11.5 Å². The van der Waals surface area contributed by atoms with Crippen LogP contribution in [0.1, 0.15) is 41.6 Å². The quantitative estimate of drug-likeness (QED) is 0.184. The zero-order chi connectivity index (χ0) is 30.5. The summed E-state index contributed by atoms with van der Waals surface area (Å²) >= 11 is 1.26. The normalized spacial score (nSPS) is 14.6. The minimum absolute atomic E-state index is 0.223. The highest BCUT2D eigenvalue weighted by molar-refractivity contribution is 7.07. The number of benzene rings is 3. The zero-order valence-corrected chi connectivity index (χ0v) is 24.9. The van der Waals surface area contributed by atoms with Crippen molar-refractivity contribution < 1.29 is 23.4 Å². The van der Waals surface area contributed by atoms with Crippen LogP contribution in [0.25, 0.3) is 6.08 Å². The van der Waals surface area contributed by atoms with E-state index < -0.39 is 12.0 Å². The molecule has 7 nitrogen and oxygen atoms in total. The lowest BCUT2D eigenvalue weighted by atomic mass is 9.95. The average Bonchev–Trinajstić information content (AvgIpc) is 3.34. The Hall–Kier alpha value is -4.76. The molecule has 9 heteroatoms. The molecule has 0 unspecified atom stereocenters. The second-order valence-corrected chi connectivity index (χ2v) is 10.8. The summed E-state index contributed by atoms with van der Waals surface area (Å²) in [4.78, 5) is 32.2. The Morgan fingerprint density at radius 3 is 2.51 bits per heavy atom. The Kier molecular flexibility index (Phi) is 9.01. The van der Waals surface area contributed by atoms with E-state index in [1.165, 1.54) is 30.6 Å². The number of carbonyl (C=O) groups is 1. The third kappa shape index (κ3) is 6.08. The van der Waals surface area contributed by atoms with Crippen LogP contribution in [0.3, 0.4) is 0 Å². The fourth-order valence-electron chi connectivity index (χ4n) is 5.09. The summed E-state index contributed by atoms with van der Waals surface area (Å²) in [6, 6.07) is 18.6. The summed E-state index contributed by atoms with van der Waals surface area (Å²) in [6.07, 6.45) is 4.55. The standard InChI is InChI=1S/C34H31FN2O5S/c1-5-10-24-17-22(18-27(40-3)31(24)42-20-21-13-15-25(35)16-14-21)19-28-32(38)37-30(23-11-8-7-9-12-23)29(33(39)41-4)26(6-2)36-34(37)43-28/h5,7-9,11-19,30H,1,6,10,20H2,2-4H3/b28-19-/t30-/m1/s1. The molecule has 0 fully saturated rings. The van der Waals surface area contributed by atoms with Gasteiger partial charge in [0.2, 0.25) is 0 Å². The molecule has 0 spiro atoms. The van der Waals surface area contributed by atoms with Gasteiger partial charge in [-0.15, -0.1) is 6.58 Å². The van der Waals surface area contributed by atoms with Crippen LogP contribution in [0.5, 0.6) is 11.5 Å². The molecule has 5 rings (SSSR count). The largest absolute Gasteiger partial charge is 0.493 e. The molecular formula is C34H31FN2O5S. The summed E-state index contributed by atoms with van der Waals surface area (Å²) < 4.78 is 32.3. The zero-order valence-electron chi connectivity index (χ0n) is 24.1. The van der Waals surface area contributed by atoms with E-state index in [2.05, 4.69) is 6.58 Å². The Balaban J connectivity index is 1.62. The van der Waals surface area contributed by atoms with Crippen molar-refractivity contribution in [2.24, 2.45) is 4.99 Å². The Morgan fingerprint density at radius 2 is 1.86 bits per heavy atom. The molecule has 0 saturated heterocycles. The maximum absolute atomic E-state index is 14.0. The first kappa shape index (κ1) is 29.7. The molecule has 1 aliphatic heterocycles. The molecule has 0 bridgehead atoms. The molecule has 220 valence electrons. The lowest BCUT2D eigenvalue weighted by Crippen LogP contribution is -2.40. The predicted molar refractivity (Wildman–Crippen MR) is 164 cm³/mol. The van der Waals surface area contributed by atoms with E-state index in [1.54, 1.807) is 42.0 Å². The topological polar surface area (TPSA) is 79.1 Å². The number of fused-ring (bicyclic) bond motifs is 1. The van der Waals surface area contributed by atoms with E-state index in [0.29, 0.717) is 44.9 Å². The van der Waals surface area contributed by atoms with Crippen LogP contribution in [0, 0.1) is 5.82 Å². The molecule has 0 amide bonds. The minimum Gasteiger partial charge on any atom is -0.493 e. The molecule has 0 saturated carbocycles. The molecule has 1 aromatic heterocycles. The van der Waals surface area contributed by atoms with Gasteiger partial charge in [0.15, 0.2) is 16.3 Å². The van der Waals surface area contributed by atoms with Gasteiger partial charge in [-0.05, 0) is 59.9 Å². The second-order valence-electron chi connectivity index (χ2n) is 9.82. The van der Waals surface area contributed by atoms with E-state index in [9.17, 15) is 14.0 Å².